The number of hydrogen-bond acceptors (Lipinski definition) is 3. The Morgan fingerprint density at radius 2 is 0.900 bits per heavy atom. The molecule has 0 saturated heterocycles. The predicted octanol–water partition coefficient (Wildman–Crippen LogP) is 16.3. The molecule has 9 aromatic carbocycles. The highest BCUT2D eigenvalue weighted by atomic mass is 32.1. The SMILES string of the molecule is c1ccc(-c2ccc(-c3ccc(N(c4ccc(-c5ccc6c(c5)oc5c(-c7ccccc7)c7ccccc7n56)cc4)c4cccc5c4sc4ccccc45)cc3)cc2)cc1. The summed E-state index contributed by atoms with van der Waals surface area (Å²) in [5, 5.41) is 3.75. The Balaban J connectivity index is 0.937. The highest BCUT2D eigenvalue weighted by molar-refractivity contribution is 7.26. The zero-order valence-electron chi connectivity index (χ0n) is 32.5. The Labute approximate surface area is 351 Å². The summed E-state index contributed by atoms with van der Waals surface area (Å²) in [6.45, 7) is 0. The molecule has 4 heteroatoms. The first-order chi connectivity index (χ1) is 29.7. The molecule has 0 aliphatic carbocycles. The third-order valence-corrected chi connectivity index (χ3v) is 13.0. The van der Waals surface area contributed by atoms with Crippen LogP contribution in [0.4, 0.5) is 17.1 Å². The van der Waals surface area contributed by atoms with Gasteiger partial charge < -0.3 is 9.32 Å². The van der Waals surface area contributed by atoms with Crippen molar-refractivity contribution in [2.45, 2.75) is 0 Å². The van der Waals surface area contributed by atoms with Crippen molar-refractivity contribution in [3.05, 3.63) is 218 Å². The summed E-state index contributed by atoms with van der Waals surface area (Å²) in [5.74, 6) is 0. The van der Waals surface area contributed by atoms with Gasteiger partial charge in [-0.1, -0.05) is 164 Å². The zero-order chi connectivity index (χ0) is 39.6. The van der Waals surface area contributed by atoms with Gasteiger partial charge >= 0.3 is 0 Å². The van der Waals surface area contributed by atoms with Crippen molar-refractivity contribution in [3.63, 3.8) is 0 Å². The third kappa shape index (κ3) is 5.65. The van der Waals surface area contributed by atoms with Crippen LogP contribution in [0.15, 0.2) is 223 Å². The van der Waals surface area contributed by atoms with Gasteiger partial charge in [0, 0.05) is 32.2 Å². The molecule has 0 atom stereocenters. The number of anilines is 3. The molecule has 0 spiro atoms. The monoisotopic (exact) mass is 784 g/mol. The standard InChI is InChI=1S/C56H36N2OS/c1-3-12-37(13-4-1)38-22-24-39(25-23-38)40-26-31-44(32-27-40)57(51-20-11-18-47-46-16-8-10-21-53(46)60-55(47)51)45-33-28-41(29-34-45)43-30-35-50-52(36-43)59-56-54(42-14-5-2-6-15-42)48-17-7-9-19-49(48)58(50)56/h1-36H. The lowest BCUT2D eigenvalue weighted by Gasteiger charge is -2.26. The molecule has 3 nitrogen and oxygen atoms in total. The van der Waals surface area contributed by atoms with E-state index in [1.165, 1.54) is 47.8 Å². The van der Waals surface area contributed by atoms with E-state index in [2.05, 4.69) is 228 Å². The van der Waals surface area contributed by atoms with Crippen molar-refractivity contribution in [1.82, 2.24) is 4.40 Å². The molecular weight excluding hydrogens is 749 g/mol. The number of nitrogens with zero attached hydrogens (tertiary/aromatic N) is 2. The maximum atomic E-state index is 6.75. The number of para-hydroxylation sites is 1. The molecule has 0 bridgehead atoms. The minimum absolute atomic E-state index is 0.863. The van der Waals surface area contributed by atoms with Crippen LogP contribution in [0.5, 0.6) is 0 Å². The Hall–Kier alpha value is -7.66. The van der Waals surface area contributed by atoms with Gasteiger partial charge in [-0.15, -0.1) is 11.3 Å². The lowest BCUT2D eigenvalue weighted by Crippen LogP contribution is -2.10. The summed E-state index contributed by atoms with van der Waals surface area (Å²) >= 11 is 1.85. The maximum absolute atomic E-state index is 6.75. The highest BCUT2D eigenvalue weighted by Gasteiger charge is 2.21. The molecule has 0 amide bonds. The topological polar surface area (TPSA) is 20.8 Å². The van der Waals surface area contributed by atoms with Crippen LogP contribution in [0.25, 0.3) is 92.4 Å². The second-order valence-corrected chi connectivity index (χ2v) is 16.4. The molecule has 12 rings (SSSR count). The summed E-state index contributed by atoms with van der Waals surface area (Å²) in [6.07, 6.45) is 0. The van der Waals surface area contributed by atoms with Gasteiger partial charge in [-0.2, -0.15) is 0 Å². The summed E-state index contributed by atoms with van der Waals surface area (Å²) in [7, 11) is 0. The van der Waals surface area contributed by atoms with Gasteiger partial charge in [0.15, 0.2) is 5.58 Å². The summed E-state index contributed by atoms with van der Waals surface area (Å²) < 4.78 is 11.6. The van der Waals surface area contributed by atoms with Gasteiger partial charge in [-0.3, -0.25) is 4.40 Å². The Kier molecular flexibility index (Phi) is 8.03. The van der Waals surface area contributed by atoms with Crippen molar-refractivity contribution >= 4 is 76.3 Å². The first kappa shape index (κ1) is 34.4. The van der Waals surface area contributed by atoms with E-state index in [1.807, 2.05) is 11.3 Å². The van der Waals surface area contributed by atoms with Crippen LogP contribution >= 0.6 is 11.3 Å². The summed E-state index contributed by atoms with van der Waals surface area (Å²) in [6, 6.07) is 78.5. The fraction of sp³-hybridized carbons (Fsp3) is 0. The average molecular weight is 785 g/mol. The minimum Gasteiger partial charge on any atom is -0.438 e. The third-order valence-electron chi connectivity index (χ3n) is 11.8. The van der Waals surface area contributed by atoms with Crippen LogP contribution < -0.4 is 4.90 Å². The molecule has 60 heavy (non-hydrogen) atoms. The smallest absolute Gasteiger partial charge is 0.213 e. The van der Waals surface area contributed by atoms with E-state index < -0.39 is 0 Å². The molecule has 0 radical (unpaired) electrons. The number of thiophene rings is 1. The van der Waals surface area contributed by atoms with Crippen LogP contribution in [0.1, 0.15) is 0 Å². The molecule has 0 fully saturated rings. The van der Waals surface area contributed by atoms with Gasteiger partial charge in [0.2, 0.25) is 5.71 Å². The molecule has 0 aliphatic rings. The van der Waals surface area contributed by atoms with Crippen LogP contribution in [0.3, 0.4) is 0 Å². The fourth-order valence-electron chi connectivity index (χ4n) is 8.93. The lowest BCUT2D eigenvalue weighted by atomic mass is 10.00. The number of oxazole rings is 1. The number of aromatic nitrogens is 1. The van der Waals surface area contributed by atoms with E-state index in [0.717, 1.165) is 61.6 Å². The van der Waals surface area contributed by atoms with Crippen molar-refractivity contribution in [1.29, 1.82) is 0 Å². The van der Waals surface area contributed by atoms with E-state index in [-0.39, 0.29) is 0 Å². The molecule has 3 heterocycles. The normalized spacial score (nSPS) is 11.7. The number of hydrogen-bond donors (Lipinski definition) is 0. The second kappa shape index (κ2) is 14.0. The van der Waals surface area contributed by atoms with Crippen molar-refractivity contribution in [2.24, 2.45) is 0 Å². The van der Waals surface area contributed by atoms with Crippen LogP contribution in [-0.2, 0) is 0 Å². The van der Waals surface area contributed by atoms with E-state index in [0.29, 0.717) is 0 Å². The van der Waals surface area contributed by atoms with Crippen molar-refractivity contribution in [2.75, 3.05) is 4.90 Å². The zero-order valence-corrected chi connectivity index (χ0v) is 33.3. The van der Waals surface area contributed by atoms with Gasteiger partial charge in [0.05, 0.1) is 27.0 Å². The van der Waals surface area contributed by atoms with Crippen molar-refractivity contribution in [3.8, 4) is 44.5 Å². The quantitative estimate of drug-likeness (QED) is 0.160. The second-order valence-electron chi connectivity index (χ2n) is 15.3. The summed E-state index contributed by atoms with van der Waals surface area (Å²) in [4.78, 5) is 2.40. The van der Waals surface area contributed by atoms with Gasteiger partial charge in [0.25, 0.3) is 0 Å². The number of fused-ring (bicyclic) bond motifs is 8. The molecule has 0 unspecified atom stereocenters. The largest absolute Gasteiger partial charge is 0.438 e. The Morgan fingerprint density at radius 1 is 0.383 bits per heavy atom. The lowest BCUT2D eigenvalue weighted by molar-refractivity contribution is 0.658. The molecule has 0 aliphatic heterocycles. The molecule has 0 saturated carbocycles. The highest BCUT2D eigenvalue weighted by Crippen LogP contribution is 2.46. The van der Waals surface area contributed by atoms with E-state index in [4.69, 9.17) is 4.42 Å². The first-order valence-corrected chi connectivity index (χ1v) is 21.1. The predicted molar refractivity (Wildman–Crippen MR) is 254 cm³/mol. The van der Waals surface area contributed by atoms with Gasteiger partial charge in [0.1, 0.15) is 0 Å². The molecule has 0 N–H and O–H groups in total. The van der Waals surface area contributed by atoms with Crippen molar-refractivity contribution < 1.29 is 4.42 Å². The van der Waals surface area contributed by atoms with Crippen LogP contribution in [-0.4, -0.2) is 4.40 Å². The maximum Gasteiger partial charge on any atom is 0.213 e. The Morgan fingerprint density at radius 3 is 1.58 bits per heavy atom. The molecular formula is C56H36N2OS. The van der Waals surface area contributed by atoms with Crippen LogP contribution in [0, 0.1) is 0 Å². The average Bonchev–Trinajstić information content (AvgIpc) is 3.99. The van der Waals surface area contributed by atoms with Gasteiger partial charge in [-0.05, 0) is 93.5 Å². The Bertz CT molecular complexity index is 3510. The first-order valence-electron chi connectivity index (χ1n) is 20.3. The van der Waals surface area contributed by atoms with E-state index in [1.54, 1.807) is 0 Å². The minimum atomic E-state index is 0.863. The molecule has 282 valence electrons. The number of rotatable bonds is 7. The number of benzene rings is 9. The fourth-order valence-corrected chi connectivity index (χ4v) is 10.1. The van der Waals surface area contributed by atoms with E-state index >= 15 is 0 Å². The molecule has 3 aromatic heterocycles. The molecule has 12 aromatic rings. The van der Waals surface area contributed by atoms with Crippen LogP contribution in [0.2, 0.25) is 0 Å². The van der Waals surface area contributed by atoms with E-state index in [9.17, 15) is 0 Å². The van der Waals surface area contributed by atoms with Gasteiger partial charge in [-0.25, -0.2) is 0 Å². The summed E-state index contributed by atoms with van der Waals surface area (Å²) in [5.41, 5.74) is 16.6.